The molecular formula is C9H13O. The van der Waals surface area contributed by atoms with Gasteiger partial charge in [-0.2, -0.15) is 0 Å². The Kier molecular flexibility index (Phi) is 2.72. The van der Waals surface area contributed by atoms with Crippen molar-refractivity contribution in [1.82, 2.24) is 0 Å². The second-order valence-electron chi connectivity index (χ2n) is 2.91. The van der Waals surface area contributed by atoms with E-state index in [9.17, 15) is 5.11 Å². The first-order valence-corrected chi connectivity index (χ1v) is 3.61. The molecule has 1 aliphatic rings. The summed E-state index contributed by atoms with van der Waals surface area (Å²) in [4.78, 5) is 0. The molecule has 1 heteroatoms. The lowest BCUT2D eigenvalue weighted by molar-refractivity contribution is 0.146. The van der Waals surface area contributed by atoms with E-state index in [1.54, 1.807) is 0 Å². The fourth-order valence-corrected chi connectivity index (χ4v) is 0.971. The first-order valence-electron chi connectivity index (χ1n) is 3.61. The summed E-state index contributed by atoms with van der Waals surface area (Å²) in [6.07, 6.45) is 7.49. The summed E-state index contributed by atoms with van der Waals surface area (Å²) in [5.74, 6) is 1.33. The number of rotatable bonds is 2. The van der Waals surface area contributed by atoms with Gasteiger partial charge >= 0.3 is 0 Å². The Morgan fingerprint density at radius 1 is 1.20 bits per heavy atom. The van der Waals surface area contributed by atoms with Crippen molar-refractivity contribution < 1.29 is 5.11 Å². The van der Waals surface area contributed by atoms with Crippen molar-refractivity contribution in [3.05, 3.63) is 31.6 Å². The Hall–Kier alpha value is -0.0400. The van der Waals surface area contributed by atoms with E-state index in [2.05, 4.69) is 0 Å². The largest absolute Gasteiger partial charge is 0.392 e. The predicted octanol–water partition coefficient (Wildman–Crippen LogP) is 1.41. The van der Waals surface area contributed by atoms with E-state index >= 15 is 0 Å². The second kappa shape index (κ2) is 3.38. The molecule has 0 aliphatic heterocycles. The van der Waals surface area contributed by atoms with Crippen LogP contribution in [-0.4, -0.2) is 11.2 Å². The molecule has 1 saturated carbocycles. The first kappa shape index (κ1) is 8.06. The Balaban J connectivity index is 2.32. The molecule has 1 fully saturated rings. The van der Waals surface area contributed by atoms with Crippen LogP contribution in [0.5, 0.6) is 0 Å². The van der Waals surface area contributed by atoms with Crippen LogP contribution in [0.1, 0.15) is 13.8 Å². The van der Waals surface area contributed by atoms with Gasteiger partial charge in [-0.25, -0.2) is 0 Å². The molecule has 0 unspecified atom stereocenters. The van der Waals surface area contributed by atoms with E-state index in [4.69, 9.17) is 0 Å². The molecule has 1 N–H and O–H groups in total. The quantitative estimate of drug-likeness (QED) is 0.610. The lowest BCUT2D eigenvalue weighted by atomic mass is 9.92. The van der Waals surface area contributed by atoms with Gasteiger partial charge in [0.25, 0.3) is 0 Å². The van der Waals surface area contributed by atoms with Gasteiger partial charge in [-0.15, -0.1) is 0 Å². The summed E-state index contributed by atoms with van der Waals surface area (Å²) < 4.78 is 0. The summed E-state index contributed by atoms with van der Waals surface area (Å²) in [5.41, 5.74) is 0. The van der Waals surface area contributed by atoms with E-state index in [-0.39, 0.29) is 6.10 Å². The first-order chi connectivity index (χ1) is 4.72. The molecule has 5 radical (unpaired) electrons. The van der Waals surface area contributed by atoms with Crippen molar-refractivity contribution in [3.8, 4) is 0 Å². The van der Waals surface area contributed by atoms with Crippen LogP contribution in [0.15, 0.2) is 0 Å². The zero-order valence-corrected chi connectivity index (χ0v) is 6.41. The van der Waals surface area contributed by atoms with Crippen molar-refractivity contribution >= 4 is 0 Å². The Morgan fingerprint density at radius 2 is 1.70 bits per heavy atom. The molecule has 0 aromatic rings. The molecule has 0 amide bonds. The normalized spacial score (nSPS) is 24.0. The third kappa shape index (κ3) is 1.72. The zero-order chi connectivity index (χ0) is 7.56. The van der Waals surface area contributed by atoms with E-state index in [0.717, 1.165) is 5.92 Å². The van der Waals surface area contributed by atoms with Gasteiger partial charge in [0, 0.05) is 5.92 Å². The highest BCUT2D eigenvalue weighted by Gasteiger charge is 2.26. The fraction of sp³-hybridized carbons (Fsp3) is 0.444. The molecule has 10 heavy (non-hydrogen) atoms. The van der Waals surface area contributed by atoms with Crippen LogP contribution in [-0.2, 0) is 0 Å². The third-order valence-corrected chi connectivity index (χ3v) is 1.66. The van der Waals surface area contributed by atoms with Crippen LogP contribution in [0.4, 0.5) is 0 Å². The van der Waals surface area contributed by atoms with Gasteiger partial charge in [-0.3, -0.25) is 0 Å². The molecule has 1 aliphatic carbocycles. The van der Waals surface area contributed by atoms with Crippen LogP contribution in [0.25, 0.3) is 0 Å². The lowest BCUT2D eigenvalue weighted by Gasteiger charge is -2.19. The van der Waals surface area contributed by atoms with Gasteiger partial charge in [-0.05, 0) is 31.6 Å². The minimum atomic E-state index is -0.296. The van der Waals surface area contributed by atoms with E-state index < -0.39 is 0 Å². The summed E-state index contributed by atoms with van der Waals surface area (Å²) in [6, 6.07) is 0. The molecule has 0 bridgehead atoms. The van der Waals surface area contributed by atoms with Gasteiger partial charge in [0.1, 0.15) is 0 Å². The van der Waals surface area contributed by atoms with Crippen LogP contribution in [0.3, 0.4) is 0 Å². The van der Waals surface area contributed by atoms with E-state index in [0.29, 0.717) is 5.92 Å². The fourth-order valence-electron chi connectivity index (χ4n) is 0.971. The number of aliphatic hydroxyl groups is 1. The molecule has 0 aromatic carbocycles. The monoisotopic (exact) mass is 137 g/mol. The summed E-state index contributed by atoms with van der Waals surface area (Å²) in [5, 5.41) is 9.49. The Labute approximate surface area is 63.4 Å². The van der Waals surface area contributed by atoms with Gasteiger partial charge in [0.15, 0.2) is 0 Å². The minimum Gasteiger partial charge on any atom is -0.392 e. The molecule has 0 saturated heterocycles. The maximum atomic E-state index is 9.49. The summed E-state index contributed by atoms with van der Waals surface area (Å²) in [6.45, 7) is 4.02. The van der Waals surface area contributed by atoms with Crippen LogP contribution in [0, 0.1) is 37.5 Å². The third-order valence-electron chi connectivity index (χ3n) is 1.66. The second-order valence-corrected chi connectivity index (χ2v) is 2.91. The Bertz CT molecular complexity index is 92.9. The molecule has 0 heterocycles. The van der Waals surface area contributed by atoms with E-state index in [1.165, 1.54) is 0 Å². The lowest BCUT2D eigenvalue weighted by Crippen LogP contribution is -2.22. The summed E-state index contributed by atoms with van der Waals surface area (Å²) >= 11 is 0. The number of aliphatic hydroxyl groups excluding tert-OH is 1. The maximum absolute atomic E-state index is 9.49. The van der Waals surface area contributed by atoms with Gasteiger partial charge in [-0.1, -0.05) is 13.8 Å². The van der Waals surface area contributed by atoms with Crippen LogP contribution < -0.4 is 0 Å². The van der Waals surface area contributed by atoms with Crippen molar-refractivity contribution in [3.63, 3.8) is 0 Å². The maximum Gasteiger partial charge on any atom is 0.0631 e. The molecule has 0 spiro atoms. The van der Waals surface area contributed by atoms with Gasteiger partial charge in [0.05, 0.1) is 6.10 Å². The minimum absolute atomic E-state index is 0.296. The van der Waals surface area contributed by atoms with Crippen LogP contribution >= 0.6 is 0 Å². The van der Waals surface area contributed by atoms with Gasteiger partial charge < -0.3 is 5.11 Å². The predicted molar refractivity (Wildman–Crippen MR) is 41.3 cm³/mol. The van der Waals surface area contributed by atoms with E-state index in [1.807, 2.05) is 39.5 Å². The molecule has 1 nitrogen and oxygen atoms in total. The molecule has 1 atom stereocenters. The molecule has 0 aromatic heterocycles. The molecular weight excluding hydrogens is 124 g/mol. The average molecular weight is 137 g/mol. The highest BCUT2D eigenvalue weighted by atomic mass is 16.3. The topological polar surface area (TPSA) is 20.2 Å². The number of hydrogen-bond acceptors (Lipinski definition) is 1. The Morgan fingerprint density at radius 3 is 2.10 bits per heavy atom. The molecule has 1 rings (SSSR count). The SMILES string of the molecule is CC(C)[C@@H](O)[C]1[CH][CH][CH][CH]1. The molecule has 55 valence electrons. The van der Waals surface area contributed by atoms with Crippen LogP contribution in [0.2, 0.25) is 0 Å². The highest BCUT2D eigenvalue weighted by molar-refractivity contribution is 5.37. The van der Waals surface area contributed by atoms with Gasteiger partial charge in [0.2, 0.25) is 0 Å². The highest BCUT2D eigenvalue weighted by Crippen LogP contribution is 2.29. The number of hydrogen-bond donors (Lipinski definition) is 1. The standard InChI is InChI=1S/C9H13O/c1-7(2)9(10)8-5-3-4-6-8/h3-7,9-10H,1-2H3/t9-/m1/s1. The van der Waals surface area contributed by atoms with Crippen molar-refractivity contribution in [1.29, 1.82) is 0 Å². The smallest absolute Gasteiger partial charge is 0.0631 e. The zero-order valence-electron chi connectivity index (χ0n) is 6.41. The summed E-state index contributed by atoms with van der Waals surface area (Å²) in [7, 11) is 0. The van der Waals surface area contributed by atoms with Crippen molar-refractivity contribution in [2.45, 2.75) is 20.0 Å². The average Bonchev–Trinajstić information content (AvgIpc) is 2.36. The van der Waals surface area contributed by atoms with Crippen molar-refractivity contribution in [2.24, 2.45) is 5.92 Å². The van der Waals surface area contributed by atoms with Crippen molar-refractivity contribution in [2.75, 3.05) is 0 Å².